The van der Waals surface area contributed by atoms with E-state index in [1.165, 1.54) is 7.14 Å². The van der Waals surface area contributed by atoms with Gasteiger partial charge in [0.15, 0.2) is 0 Å². The van der Waals surface area contributed by atoms with Gasteiger partial charge in [0, 0.05) is 12.7 Å². The lowest BCUT2D eigenvalue weighted by atomic mass is 10.2. The van der Waals surface area contributed by atoms with E-state index in [-0.39, 0.29) is 0 Å². The Balaban J connectivity index is 3.31. The molecule has 2 heteroatoms. The average molecular weight is 354 g/mol. The van der Waals surface area contributed by atoms with Crippen LogP contribution in [0.1, 0.15) is 5.56 Å². The third-order valence-electron chi connectivity index (χ3n) is 1.11. The molecule has 0 unspecified atom stereocenters. The van der Waals surface area contributed by atoms with Crippen molar-refractivity contribution in [3.05, 3.63) is 30.9 Å². The van der Waals surface area contributed by atoms with Crippen LogP contribution in [0.15, 0.2) is 18.2 Å². The second-order valence-electron chi connectivity index (χ2n) is 1.75. The fourth-order valence-corrected chi connectivity index (χ4v) is 1.63. The Morgan fingerprint density at radius 2 is 2.00 bits per heavy atom. The largest absolute Gasteiger partial charge is 0.115 e. The fraction of sp³-hybridized carbons (Fsp3) is 0. The Kier molecular flexibility index (Phi) is 2.98. The highest BCUT2D eigenvalue weighted by molar-refractivity contribution is 14.1. The molecule has 1 aromatic rings. The normalized spacial score (nSPS) is 8.90. The molecule has 0 radical (unpaired) electrons. The first-order chi connectivity index (χ1) is 4.75. The molecular weight excluding hydrogens is 350 g/mol. The van der Waals surface area contributed by atoms with Gasteiger partial charge in [-0.15, -0.1) is 6.42 Å². The number of halogens is 2. The summed E-state index contributed by atoms with van der Waals surface area (Å²) >= 11 is 4.53. The third kappa shape index (κ3) is 1.64. The molecule has 0 spiro atoms. The number of hydrogen-bond donors (Lipinski definition) is 0. The standard InChI is InChI=1S/C8H4I2/c1-2-6-4-3-5-7(9)8(6)10/h1,3-5H. The summed E-state index contributed by atoms with van der Waals surface area (Å²) in [6, 6.07) is 5.96. The van der Waals surface area contributed by atoms with E-state index in [1.807, 2.05) is 18.2 Å². The Morgan fingerprint density at radius 3 is 2.50 bits per heavy atom. The minimum atomic E-state index is 0.979. The molecule has 0 aliphatic heterocycles. The number of benzene rings is 1. The summed E-state index contributed by atoms with van der Waals surface area (Å²) < 4.78 is 2.39. The fourth-order valence-electron chi connectivity index (χ4n) is 0.615. The maximum Gasteiger partial charge on any atom is 0.0420 e. The van der Waals surface area contributed by atoms with Crippen LogP contribution in [0.25, 0.3) is 0 Å². The molecule has 0 aromatic heterocycles. The first-order valence-corrected chi connectivity index (χ1v) is 4.82. The summed E-state index contributed by atoms with van der Waals surface area (Å²) in [4.78, 5) is 0. The monoisotopic (exact) mass is 354 g/mol. The van der Waals surface area contributed by atoms with Crippen molar-refractivity contribution >= 4 is 45.2 Å². The van der Waals surface area contributed by atoms with Gasteiger partial charge in [0.1, 0.15) is 0 Å². The second kappa shape index (κ2) is 3.58. The van der Waals surface area contributed by atoms with Crippen molar-refractivity contribution in [3.63, 3.8) is 0 Å². The lowest BCUT2D eigenvalue weighted by Gasteiger charge is -1.96. The predicted molar refractivity (Wildman–Crippen MR) is 59.8 cm³/mol. The van der Waals surface area contributed by atoms with Crippen LogP contribution < -0.4 is 0 Å². The first kappa shape index (κ1) is 8.34. The molecule has 1 aromatic carbocycles. The highest BCUT2D eigenvalue weighted by Crippen LogP contribution is 2.17. The van der Waals surface area contributed by atoms with E-state index in [0.717, 1.165) is 5.56 Å². The highest BCUT2D eigenvalue weighted by atomic mass is 127. The first-order valence-electron chi connectivity index (χ1n) is 2.66. The highest BCUT2D eigenvalue weighted by Gasteiger charge is 1.98. The topological polar surface area (TPSA) is 0 Å². The molecule has 0 bridgehead atoms. The third-order valence-corrected chi connectivity index (χ3v) is 4.20. The van der Waals surface area contributed by atoms with E-state index in [1.54, 1.807) is 0 Å². The van der Waals surface area contributed by atoms with Crippen LogP contribution in [-0.4, -0.2) is 0 Å². The van der Waals surface area contributed by atoms with Crippen LogP contribution in [-0.2, 0) is 0 Å². The summed E-state index contributed by atoms with van der Waals surface area (Å²) in [6.07, 6.45) is 5.26. The van der Waals surface area contributed by atoms with Crippen molar-refractivity contribution in [2.24, 2.45) is 0 Å². The van der Waals surface area contributed by atoms with Gasteiger partial charge in [0.2, 0.25) is 0 Å². The van der Waals surface area contributed by atoms with Gasteiger partial charge in [-0.1, -0.05) is 12.0 Å². The lowest BCUT2D eigenvalue weighted by molar-refractivity contribution is 1.53. The van der Waals surface area contributed by atoms with Crippen molar-refractivity contribution in [1.29, 1.82) is 0 Å². The molecule has 0 fully saturated rings. The van der Waals surface area contributed by atoms with Crippen LogP contribution in [0.3, 0.4) is 0 Å². The zero-order valence-electron chi connectivity index (χ0n) is 5.07. The zero-order valence-corrected chi connectivity index (χ0v) is 9.38. The Bertz CT molecular complexity index is 284. The lowest BCUT2D eigenvalue weighted by Crippen LogP contribution is -1.83. The van der Waals surface area contributed by atoms with Crippen LogP contribution in [0, 0.1) is 19.5 Å². The molecule has 0 N–H and O–H groups in total. The molecule has 0 heterocycles. The van der Waals surface area contributed by atoms with E-state index in [4.69, 9.17) is 6.42 Å². The molecule has 0 nitrogen and oxygen atoms in total. The summed E-state index contributed by atoms with van der Waals surface area (Å²) in [6.45, 7) is 0. The predicted octanol–water partition coefficient (Wildman–Crippen LogP) is 2.88. The van der Waals surface area contributed by atoms with Crippen LogP contribution in [0.2, 0.25) is 0 Å². The second-order valence-corrected chi connectivity index (χ2v) is 3.99. The van der Waals surface area contributed by atoms with Crippen molar-refractivity contribution in [3.8, 4) is 12.3 Å². The molecule has 1 rings (SSSR count). The molecule has 0 aliphatic carbocycles. The number of hydrogen-bond acceptors (Lipinski definition) is 0. The quantitative estimate of drug-likeness (QED) is 0.497. The van der Waals surface area contributed by atoms with Gasteiger partial charge < -0.3 is 0 Å². The van der Waals surface area contributed by atoms with Crippen LogP contribution >= 0.6 is 45.2 Å². The minimum Gasteiger partial charge on any atom is -0.115 e. The molecule has 50 valence electrons. The van der Waals surface area contributed by atoms with E-state index >= 15 is 0 Å². The van der Waals surface area contributed by atoms with Crippen LogP contribution in [0.4, 0.5) is 0 Å². The smallest absolute Gasteiger partial charge is 0.0420 e. The van der Waals surface area contributed by atoms with E-state index in [0.29, 0.717) is 0 Å². The molecular formula is C8H4I2. The molecule has 0 saturated heterocycles. The molecule has 0 saturated carbocycles. The summed E-state index contributed by atoms with van der Waals surface area (Å²) in [5, 5.41) is 0. The SMILES string of the molecule is C#Cc1cccc(I)c1I. The molecule has 0 atom stereocenters. The maximum absolute atomic E-state index is 5.26. The van der Waals surface area contributed by atoms with Gasteiger partial charge >= 0.3 is 0 Å². The van der Waals surface area contributed by atoms with E-state index < -0.39 is 0 Å². The van der Waals surface area contributed by atoms with Crippen LogP contribution in [0.5, 0.6) is 0 Å². The number of rotatable bonds is 0. The van der Waals surface area contributed by atoms with Gasteiger partial charge in [0.05, 0.1) is 0 Å². The van der Waals surface area contributed by atoms with E-state index in [9.17, 15) is 0 Å². The summed E-state index contributed by atoms with van der Waals surface area (Å²) in [5.41, 5.74) is 0.979. The summed E-state index contributed by atoms with van der Waals surface area (Å²) in [7, 11) is 0. The number of terminal acetylenes is 1. The van der Waals surface area contributed by atoms with Crippen molar-refractivity contribution in [2.45, 2.75) is 0 Å². The minimum absolute atomic E-state index is 0.979. The zero-order chi connectivity index (χ0) is 7.56. The average Bonchev–Trinajstić information content (AvgIpc) is 1.95. The Labute approximate surface area is 87.7 Å². The Morgan fingerprint density at radius 1 is 1.30 bits per heavy atom. The molecule has 10 heavy (non-hydrogen) atoms. The van der Waals surface area contributed by atoms with Crippen molar-refractivity contribution in [2.75, 3.05) is 0 Å². The van der Waals surface area contributed by atoms with Crippen molar-refractivity contribution < 1.29 is 0 Å². The van der Waals surface area contributed by atoms with Crippen molar-refractivity contribution in [1.82, 2.24) is 0 Å². The van der Waals surface area contributed by atoms with Gasteiger partial charge in [-0.3, -0.25) is 0 Å². The van der Waals surface area contributed by atoms with Gasteiger partial charge in [0.25, 0.3) is 0 Å². The van der Waals surface area contributed by atoms with Gasteiger partial charge in [-0.25, -0.2) is 0 Å². The Hall–Kier alpha value is 0.240. The molecule has 0 amide bonds. The van der Waals surface area contributed by atoms with Gasteiger partial charge in [-0.05, 0) is 57.3 Å². The van der Waals surface area contributed by atoms with E-state index in [2.05, 4.69) is 51.1 Å². The van der Waals surface area contributed by atoms with Gasteiger partial charge in [-0.2, -0.15) is 0 Å². The molecule has 0 aliphatic rings. The summed E-state index contributed by atoms with van der Waals surface area (Å²) in [5.74, 6) is 2.62. The maximum atomic E-state index is 5.26.